The van der Waals surface area contributed by atoms with E-state index >= 15 is 0 Å². The molecule has 2 N–H and O–H groups in total. The van der Waals surface area contributed by atoms with Crippen LogP contribution >= 0.6 is 0 Å². The molecule has 0 amide bonds. The summed E-state index contributed by atoms with van der Waals surface area (Å²) in [6.45, 7) is 14.8. The van der Waals surface area contributed by atoms with Crippen molar-refractivity contribution in [2.75, 3.05) is 17.7 Å². The molecule has 2 aromatic heterocycles. The van der Waals surface area contributed by atoms with Crippen LogP contribution in [0.5, 0.6) is 5.88 Å². The Morgan fingerprint density at radius 2 is 1.79 bits per heavy atom. The van der Waals surface area contributed by atoms with Crippen molar-refractivity contribution in [3.8, 4) is 17.1 Å². The molecule has 0 spiro atoms. The number of pyridine rings is 1. The highest BCUT2D eigenvalue weighted by Crippen LogP contribution is 2.31. The minimum atomic E-state index is -0.0408. The van der Waals surface area contributed by atoms with Crippen LogP contribution in [-0.2, 0) is 6.42 Å². The van der Waals surface area contributed by atoms with E-state index in [1.807, 2.05) is 13.1 Å². The summed E-state index contributed by atoms with van der Waals surface area (Å²) in [7, 11) is 1.64. The van der Waals surface area contributed by atoms with Gasteiger partial charge in [0, 0.05) is 23.3 Å². The zero-order chi connectivity index (χ0) is 20.9. The molecule has 0 aliphatic heterocycles. The molecule has 0 radical (unpaired) electrons. The second-order valence-corrected chi connectivity index (χ2v) is 8.13. The summed E-state index contributed by atoms with van der Waals surface area (Å²) < 4.78 is 5.55. The number of hydrogen-bond acceptors (Lipinski definition) is 6. The summed E-state index contributed by atoms with van der Waals surface area (Å²) in [5, 5.41) is 6.89. The van der Waals surface area contributed by atoms with E-state index in [9.17, 15) is 0 Å². The number of hydrogen-bond donors (Lipinski definition) is 2. The fourth-order valence-corrected chi connectivity index (χ4v) is 3.14. The molecule has 154 valence electrons. The van der Waals surface area contributed by atoms with Crippen molar-refractivity contribution in [3.05, 3.63) is 23.5 Å². The van der Waals surface area contributed by atoms with Gasteiger partial charge in [-0.1, -0.05) is 20.8 Å². The largest absolute Gasteiger partial charge is 0.478 e. The Kier molecular flexibility index (Phi) is 7.22. The molecule has 0 aliphatic rings. The normalized spacial score (nSPS) is 11.6. The number of nitrogens with one attached hydrogen (secondary N) is 2. The molecule has 2 rings (SSSR count). The third kappa shape index (κ3) is 5.33. The lowest BCUT2D eigenvalue weighted by atomic mass is 10.0. The van der Waals surface area contributed by atoms with Gasteiger partial charge in [0.25, 0.3) is 5.88 Å². The Morgan fingerprint density at radius 1 is 1.11 bits per heavy atom. The summed E-state index contributed by atoms with van der Waals surface area (Å²) in [4.78, 5) is 14.2. The van der Waals surface area contributed by atoms with Crippen LogP contribution in [0.2, 0.25) is 0 Å². The van der Waals surface area contributed by atoms with Gasteiger partial charge in [-0.15, -0.1) is 0 Å². The average Bonchev–Trinajstić information content (AvgIpc) is 2.65. The number of rotatable bonds is 8. The highest BCUT2D eigenvalue weighted by molar-refractivity contribution is 5.69. The molecule has 2 heterocycles. The fraction of sp³-hybridized carbons (Fsp3) is 0.591. The van der Waals surface area contributed by atoms with Gasteiger partial charge in [-0.3, -0.25) is 0 Å². The number of ether oxygens (including phenoxy) is 1. The molecular weight excluding hydrogens is 350 g/mol. The van der Waals surface area contributed by atoms with Gasteiger partial charge in [-0.05, 0) is 58.6 Å². The van der Waals surface area contributed by atoms with Crippen molar-refractivity contribution in [1.82, 2.24) is 15.0 Å². The summed E-state index contributed by atoms with van der Waals surface area (Å²) in [5.41, 5.74) is 3.82. The lowest BCUT2D eigenvalue weighted by molar-refractivity contribution is 0.397. The Morgan fingerprint density at radius 3 is 2.32 bits per heavy atom. The first-order valence-corrected chi connectivity index (χ1v) is 10.2. The van der Waals surface area contributed by atoms with Gasteiger partial charge in [0.1, 0.15) is 5.82 Å². The average molecular weight is 386 g/mol. The van der Waals surface area contributed by atoms with Gasteiger partial charge in [0.15, 0.2) is 5.82 Å². The van der Waals surface area contributed by atoms with Crippen molar-refractivity contribution in [1.29, 1.82) is 0 Å². The van der Waals surface area contributed by atoms with E-state index in [4.69, 9.17) is 14.7 Å². The Hall–Kier alpha value is -2.37. The van der Waals surface area contributed by atoms with E-state index in [0.717, 1.165) is 42.0 Å². The predicted octanol–water partition coefficient (Wildman–Crippen LogP) is 5.23. The molecule has 0 bridgehead atoms. The summed E-state index contributed by atoms with van der Waals surface area (Å²) in [5.74, 6) is 2.10. The monoisotopic (exact) mass is 385 g/mol. The predicted molar refractivity (Wildman–Crippen MR) is 117 cm³/mol. The van der Waals surface area contributed by atoms with Crippen LogP contribution in [0.4, 0.5) is 11.6 Å². The lowest BCUT2D eigenvalue weighted by Gasteiger charge is -2.22. The maximum absolute atomic E-state index is 5.55. The quantitative estimate of drug-likeness (QED) is 0.648. The van der Waals surface area contributed by atoms with Crippen molar-refractivity contribution < 1.29 is 4.74 Å². The molecule has 0 aromatic carbocycles. The first-order valence-electron chi connectivity index (χ1n) is 10.2. The van der Waals surface area contributed by atoms with Crippen LogP contribution in [0.1, 0.15) is 65.6 Å². The number of methoxy groups -OCH3 is 1. The molecule has 28 heavy (non-hydrogen) atoms. The SMILES string of the molecule is CCc1cc(NC(C)(C)C)ncc1-c1nc(OC)c(NC(CC)CC)nc1C. The zero-order valence-corrected chi connectivity index (χ0v) is 18.6. The molecule has 0 atom stereocenters. The molecule has 0 aliphatic carbocycles. The molecule has 2 aromatic rings. The minimum Gasteiger partial charge on any atom is -0.478 e. The summed E-state index contributed by atoms with van der Waals surface area (Å²) in [6.07, 6.45) is 4.81. The van der Waals surface area contributed by atoms with Gasteiger partial charge in [0.05, 0.1) is 18.5 Å². The Labute approximate surface area is 169 Å². The van der Waals surface area contributed by atoms with Crippen LogP contribution in [-0.4, -0.2) is 33.6 Å². The fourth-order valence-electron chi connectivity index (χ4n) is 3.14. The molecule has 0 saturated carbocycles. The van der Waals surface area contributed by atoms with Crippen molar-refractivity contribution in [2.24, 2.45) is 0 Å². The molecule has 0 fully saturated rings. The second-order valence-electron chi connectivity index (χ2n) is 8.13. The maximum atomic E-state index is 5.55. The number of nitrogens with zero attached hydrogens (tertiary/aromatic N) is 3. The highest BCUT2D eigenvalue weighted by Gasteiger charge is 2.18. The van der Waals surface area contributed by atoms with E-state index in [1.165, 1.54) is 5.56 Å². The van der Waals surface area contributed by atoms with E-state index in [0.29, 0.717) is 17.7 Å². The molecule has 6 heteroatoms. The zero-order valence-electron chi connectivity index (χ0n) is 18.6. The molecular formula is C22H35N5O. The van der Waals surface area contributed by atoms with E-state index in [-0.39, 0.29) is 5.54 Å². The first kappa shape index (κ1) is 21.9. The molecule has 0 saturated heterocycles. The summed E-state index contributed by atoms with van der Waals surface area (Å²) in [6, 6.07) is 2.45. The molecule has 0 unspecified atom stereocenters. The van der Waals surface area contributed by atoms with Gasteiger partial charge in [-0.2, -0.15) is 0 Å². The smallest absolute Gasteiger partial charge is 0.257 e. The van der Waals surface area contributed by atoms with E-state index in [2.05, 4.69) is 63.2 Å². The summed E-state index contributed by atoms with van der Waals surface area (Å²) >= 11 is 0. The lowest BCUT2D eigenvalue weighted by Crippen LogP contribution is -2.26. The van der Waals surface area contributed by atoms with E-state index < -0.39 is 0 Å². The van der Waals surface area contributed by atoms with Crippen LogP contribution in [0.3, 0.4) is 0 Å². The van der Waals surface area contributed by atoms with E-state index in [1.54, 1.807) is 7.11 Å². The van der Waals surface area contributed by atoms with Crippen LogP contribution in [0.25, 0.3) is 11.3 Å². The third-order valence-corrected chi connectivity index (χ3v) is 4.69. The standard InChI is InChI=1S/C22H35N5O/c1-9-15-12-18(27-22(5,6)7)23-13-17(15)19-14(4)24-20(21(26-19)28-8)25-16(10-2)11-3/h12-13,16H,9-11H2,1-8H3,(H,23,27)(H,24,25). The third-order valence-electron chi connectivity index (χ3n) is 4.69. The first-order chi connectivity index (χ1) is 13.2. The van der Waals surface area contributed by atoms with Crippen LogP contribution < -0.4 is 15.4 Å². The van der Waals surface area contributed by atoms with Crippen LogP contribution in [0.15, 0.2) is 12.3 Å². The Bertz CT molecular complexity index is 794. The van der Waals surface area contributed by atoms with Gasteiger partial charge in [0.2, 0.25) is 0 Å². The van der Waals surface area contributed by atoms with Gasteiger partial charge in [-0.25, -0.2) is 15.0 Å². The van der Waals surface area contributed by atoms with Crippen molar-refractivity contribution in [2.45, 2.75) is 79.3 Å². The topological polar surface area (TPSA) is 72.0 Å². The van der Waals surface area contributed by atoms with Gasteiger partial charge >= 0.3 is 0 Å². The Balaban J connectivity index is 2.47. The van der Waals surface area contributed by atoms with Crippen LogP contribution in [0, 0.1) is 6.92 Å². The van der Waals surface area contributed by atoms with Gasteiger partial charge < -0.3 is 15.4 Å². The highest BCUT2D eigenvalue weighted by atomic mass is 16.5. The number of anilines is 2. The molecule has 6 nitrogen and oxygen atoms in total. The maximum Gasteiger partial charge on any atom is 0.257 e. The van der Waals surface area contributed by atoms with Crippen molar-refractivity contribution in [3.63, 3.8) is 0 Å². The second kappa shape index (κ2) is 9.22. The number of aromatic nitrogens is 3. The number of aryl methyl sites for hydroxylation is 2. The van der Waals surface area contributed by atoms with Crippen molar-refractivity contribution >= 4 is 11.6 Å². The minimum absolute atomic E-state index is 0.0408.